The van der Waals surface area contributed by atoms with Crippen molar-refractivity contribution in [1.82, 2.24) is 0 Å². The molecule has 1 aromatic carbocycles. The largest absolute Gasteiger partial charge is 0.299 e. The van der Waals surface area contributed by atoms with E-state index in [2.05, 4.69) is 6.42 Å². The van der Waals surface area contributed by atoms with Gasteiger partial charge in [-0.2, -0.15) is 0 Å². The van der Waals surface area contributed by atoms with Crippen LogP contribution in [0.25, 0.3) is 0 Å². The van der Waals surface area contributed by atoms with Gasteiger partial charge in [0.25, 0.3) is 0 Å². The quantitative estimate of drug-likeness (QED) is 0.690. The Morgan fingerprint density at radius 3 is 2.57 bits per heavy atom. The molecule has 0 N–H and O–H groups in total. The fourth-order valence-corrected chi connectivity index (χ4v) is 1.97. The van der Waals surface area contributed by atoms with Gasteiger partial charge in [0.05, 0.1) is 0 Å². The minimum absolute atomic E-state index is 0.000941. The molecule has 1 aliphatic rings. The molecule has 0 aliphatic heterocycles. The van der Waals surface area contributed by atoms with E-state index in [1.54, 1.807) is 0 Å². The molecule has 1 nitrogen and oxygen atoms in total. The van der Waals surface area contributed by atoms with Crippen molar-refractivity contribution in [3.8, 4) is 0 Å². The second-order valence-electron chi connectivity index (χ2n) is 3.62. The first-order valence-corrected chi connectivity index (χ1v) is 5.26. The maximum Gasteiger partial charge on any atom is 0.140 e. The molecule has 1 aliphatic carbocycles. The standard InChI is InChI=1S/C12H12ClO/c13-10-7-5-9(6-8-10)11-3-1-2-4-12(11)14/h3,5-8,11H,1-2,4H2. The van der Waals surface area contributed by atoms with Gasteiger partial charge in [0.15, 0.2) is 0 Å². The lowest BCUT2D eigenvalue weighted by molar-refractivity contribution is -0.120. The van der Waals surface area contributed by atoms with Crippen molar-refractivity contribution in [2.75, 3.05) is 0 Å². The Balaban J connectivity index is 2.20. The van der Waals surface area contributed by atoms with Crippen molar-refractivity contribution >= 4 is 17.4 Å². The molecule has 2 rings (SSSR count). The molecule has 1 fully saturated rings. The fourth-order valence-electron chi connectivity index (χ4n) is 1.84. The summed E-state index contributed by atoms with van der Waals surface area (Å²) >= 11 is 5.79. The summed E-state index contributed by atoms with van der Waals surface area (Å²) in [6.45, 7) is 0. The minimum atomic E-state index is 0.000941. The lowest BCUT2D eigenvalue weighted by atomic mass is 9.83. The number of ketones is 1. The fraction of sp³-hybridized carbons (Fsp3) is 0.333. The Hall–Kier alpha value is -0.820. The van der Waals surface area contributed by atoms with E-state index in [9.17, 15) is 4.79 Å². The first-order valence-electron chi connectivity index (χ1n) is 4.89. The molecule has 1 unspecified atom stereocenters. The Bertz CT molecular complexity index is 329. The predicted octanol–water partition coefficient (Wildman–Crippen LogP) is 3.38. The highest BCUT2D eigenvalue weighted by Gasteiger charge is 2.23. The summed E-state index contributed by atoms with van der Waals surface area (Å²) in [7, 11) is 0. The van der Waals surface area contributed by atoms with Gasteiger partial charge >= 0.3 is 0 Å². The second kappa shape index (κ2) is 4.14. The van der Waals surface area contributed by atoms with E-state index in [1.807, 2.05) is 24.3 Å². The third kappa shape index (κ3) is 1.98. The maximum absolute atomic E-state index is 11.6. The van der Waals surface area contributed by atoms with Crippen molar-refractivity contribution < 1.29 is 4.79 Å². The van der Waals surface area contributed by atoms with Crippen molar-refractivity contribution in [2.24, 2.45) is 0 Å². The van der Waals surface area contributed by atoms with E-state index in [4.69, 9.17) is 11.6 Å². The van der Waals surface area contributed by atoms with Crippen LogP contribution in [-0.4, -0.2) is 5.78 Å². The number of Topliss-reactive ketones (excluding diaryl/α,β-unsaturated/α-hetero) is 1. The molecular formula is C12H12ClO. The molecular weight excluding hydrogens is 196 g/mol. The summed E-state index contributed by atoms with van der Waals surface area (Å²) in [4.78, 5) is 11.6. The van der Waals surface area contributed by atoms with Gasteiger partial charge in [0.1, 0.15) is 5.78 Å². The van der Waals surface area contributed by atoms with Crippen LogP contribution in [0, 0.1) is 6.42 Å². The van der Waals surface area contributed by atoms with Crippen molar-refractivity contribution in [1.29, 1.82) is 0 Å². The number of benzene rings is 1. The van der Waals surface area contributed by atoms with Gasteiger partial charge in [0, 0.05) is 17.4 Å². The van der Waals surface area contributed by atoms with Crippen molar-refractivity contribution in [3.63, 3.8) is 0 Å². The first-order chi connectivity index (χ1) is 6.77. The lowest BCUT2D eigenvalue weighted by Gasteiger charge is -2.20. The van der Waals surface area contributed by atoms with Gasteiger partial charge in [-0.05, 0) is 37.0 Å². The van der Waals surface area contributed by atoms with Gasteiger partial charge in [0.2, 0.25) is 0 Å². The summed E-state index contributed by atoms with van der Waals surface area (Å²) < 4.78 is 0. The van der Waals surface area contributed by atoms with E-state index >= 15 is 0 Å². The number of hydrogen-bond acceptors (Lipinski definition) is 1. The van der Waals surface area contributed by atoms with Crippen molar-refractivity contribution in [2.45, 2.75) is 25.2 Å². The van der Waals surface area contributed by atoms with Gasteiger partial charge in [-0.1, -0.05) is 23.7 Å². The second-order valence-corrected chi connectivity index (χ2v) is 4.06. The molecule has 0 heterocycles. The molecule has 14 heavy (non-hydrogen) atoms. The summed E-state index contributed by atoms with van der Waals surface area (Å²) in [5.74, 6) is 0.333. The van der Waals surface area contributed by atoms with Gasteiger partial charge in [-0.15, -0.1) is 0 Å². The van der Waals surface area contributed by atoms with Crippen LogP contribution in [-0.2, 0) is 4.79 Å². The third-order valence-electron chi connectivity index (χ3n) is 2.61. The molecule has 0 spiro atoms. The highest BCUT2D eigenvalue weighted by molar-refractivity contribution is 6.30. The lowest BCUT2D eigenvalue weighted by Crippen LogP contribution is -2.17. The molecule has 0 aromatic heterocycles. The van der Waals surface area contributed by atoms with E-state index in [1.165, 1.54) is 0 Å². The normalized spacial score (nSPS) is 22.4. The Morgan fingerprint density at radius 2 is 1.93 bits per heavy atom. The number of halogens is 1. The summed E-state index contributed by atoms with van der Waals surface area (Å²) in [5.41, 5.74) is 1.07. The monoisotopic (exact) mass is 207 g/mol. The van der Waals surface area contributed by atoms with Gasteiger partial charge in [-0.25, -0.2) is 0 Å². The predicted molar refractivity (Wildman–Crippen MR) is 57.4 cm³/mol. The summed E-state index contributed by atoms with van der Waals surface area (Å²) in [5, 5.41) is 0.719. The maximum atomic E-state index is 11.6. The van der Waals surface area contributed by atoms with Crippen molar-refractivity contribution in [3.05, 3.63) is 41.3 Å². The average molecular weight is 208 g/mol. The average Bonchev–Trinajstić information content (AvgIpc) is 2.20. The smallest absolute Gasteiger partial charge is 0.140 e. The van der Waals surface area contributed by atoms with Crippen LogP contribution in [0.1, 0.15) is 30.7 Å². The van der Waals surface area contributed by atoms with Gasteiger partial charge in [-0.3, -0.25) is 4.79 Å². The SMILES string of the molecule is O=C1CCC[CH]C1c1ccc(Cl)cc1. The molecule has 0 bridgehead atoms. The highest BCUT2D eigenvalue weighted by atomic mass is 35.5. The first kappa shape index (κ1) is 9.72. The van der Waals surface area contributed by atoms with Crippen LogP contribution in [0.15, 0.2) is 24.3 Å². The zero-order chi connectivity index (χ0) is 9.97. The minimum Gasteiger partial charge on any atom is -0.299 e. The zero-order valence-electron chi connectivity index (χ0n) is 7.87. The number of rotatable bonds is 1. The summed E-state index contributed by atoms with van der Waals surface area (Å²) in [6.07, 6.45) is 4.86. The molecule has 1 atom stereocenters. The Kier molecular flexibility index (Phi) is 2.87. The molecule has 1 aromatic rings. The van der Waals surface area contributed by atoms with Gasteiger partial charge < -0.3 is 0 Å². The van der Waals surface area contributed by atoms with E-state index in [-0.39, 0.29) is 5.92 Å². The van der Waals surface area contributed by atoms with E-state index in [0.717, 1.165) is 23.4 Å². The van der Waals surface area contributed by atoms with Crippen LogP contribution in [0.3, 0.4) is 0 Å². The van der Waals surface area contributed by atoms with Crippen LogP contribution in [0.4, 0.5) is 0 Å². The summed E-state index contributed by atoms with van der Waals surface area (Å²) in [6, 6.07) is 7.55. The number of hydrogen-bond donors (Lipinski definition) is 0. The van der Waals surface area contributed by atoms with Crippen LogP contribution >= 0.6 is 11.6 Å². The van der Waals surface area contributed by atoms with Crippen LogP contribution in [0.5, 0.6) is 0 Å². The zero-order valence-corrected chi connectivity index (χ0v) is 8.63. The molecule has 1 saturated carbocycles. The molecule has 1 radical (unpaired) electrons. The number of carbonyl (C=O) groups excluding carboxylic acids is 1. The highest BCUT2D eigenvalue weighted by Crippen LogP contribution is 2.29. The molecule has 73 valence electrons. The molecule has 2 heteroatoms. The Labute approximate surface area is 89.1 Å². The number of carbonyl (C=O) groups is 1. The van der Waals surface area contributed by atoms with E-state index in [0.29, 0.717) is 12.2 Å². The molecule has 0 saturated heterocycles. The van der Waals surface area contributed by atoms with Crippen LogP contribution < -0.4 is 0 Å². The molecule has 0 amide bonds. The third-order valence-corrected chi connectivity index (χ3v) is 2.86. The Morgan fingerprint density at radius 1 is 1.21 bits per heavy atom. The topological polar surface area (TPSA) is 17.1 Å². The van der Waals surface area contributed by atoms with Crippen LogP contribution in [0.2, 0.25) is 5.02 Å². The van der Waals surface area contributed by atoms with E-state index < -0.39 is 0 Å².